The molecule has 112 valence electrons. The molecule has 0 heterocycles. The molecule has 0 aromatic heterocycles. The van der Waals surface area contributed by atoms with Crippen molar-refractivity contribution >= 4 is 29.2 Å². The van der Waals surface area contributed by atoms with Crippen LogP contribution >= 0.6 is 23.2 Å². The summed E-state index contributed by atoms with van der Waals surface area (Å²) in [6, 6.07) is 2.40. The molecule has 0 saturated carbocycles. The number of carbonyl (C=O) groups is 1. The summed E-state index contributed by atoms with van der Waals surface area (Å²) in [4.78, 5) is 12.7. The number of hydrogen-bond acceptors (Lipinski definition) is 2. The van der Waals surface area contributed by atoms with Gasteiger partial charge in [0.05, 0.1) is 5.02 Å². The Hall–Kier alpha value is -1.04. The molecule has 1 unspecified atom stereocenters. The van der Waals surface area contributed by atoms with Crippen molar-refractivity contribution < 1.29 is 9.18 Å². The van der Waals surface area contributed by atoms with E-state index in [1.54, 1.807) is 14.1 Å². The Morgan fingerprint density at radius 3 is 2.55 bits per heavy atom. The minimum atomic E-state index is -0.499. The fraction of sp³-hybridized carbons (Fsp3) is 0.462. The normalized spacial score (nSPS) is 12.1. The first kappa shape index (κ1) is 17.0. The molecule has 0 saturated heterocycles. The van der Waals surface area contributed by atoms with E-state index in [2.05, 4.69) is 10.6 Å². The van der Waals surface area contributed by atoms with Gasteiger partial charge < -0.3 is 15.5 Å². The Kier molecular flexibility index (Phi) is 6.52. The molecule has 7 heteroatoms. The van der Waals surface area contributed by atoms with E-state index in [1.165, 1.54) is 17.0 Å². The Bertz CT molecular complexity index is 483. The van der Waals surface area contributed by atoms with Crippen molar-refractivity contribution in [1.29, 1.82) is 0 Å². The van der Waals surface area contributed by atoms with Gasteiger partial charge in [-0.2, -0.15) is 0 Å². The molecule has 2 amide bonds. The van der Waals surface area contributed by atoms with Crippen LogP contribution in [0.4, 0.5) is 9.18 Å². The number of urea groups is 1. The van der Waals surface area contributed by atoms with Gasteiger partial charge in [0.25, 0.3) is 0 Å². The summed E-state index contributed by atoms with van der Waals surface area (Å²) in [6.45, 7) is 2.87. The van der Waals surface area contributed by atoms with E-state index in [1.807, 2.05) is 6.92 Å². The molecule has 1 aromatic carbocycles. The van der Waals surface area contributed by atoms with Crippen LogP contribution in [0.2, 0.25) is 10.0 Å². The van der Waals surface area contributed by atoms with Crippen LogP contribution < -0.4 is 10.6 Å². The van der Waals surface area contributed by atoms with Crippen LogP contribution in [0.15, 0.2) is 12.1 Å². The van der Waals surface area contributed by atoms with Crippen LogP contribution in [0.3, 0.4) is 0 Å². The Morgan fingerprint density at radius 2 is 1.95 bits per heavy atom. The van der Waals surface area contributed by atoms with E-state index >= 15 is 0 Å². The smallest absolute Gasteiger partial charge is 0.316 e. The van der Waals surface area contributed by atoms with Crippen LogP contribution in [-0.4, -0.2) is 38.1 Å². The molecular formula is C13H18Cl2FN3O. The van der Waals surface area contributed by atoms with E-state index in [9.17, 15) is 9.18 Å². The highest BCUT2D eigenvalue weighted by Crippen LogP contribution is 2.28. The van der Waals surface area contributed by atoms with Crippen LogP contribution in [0, 0.1) is 5.82 Å². The molecule has 0 aliphatic heterocycles. The lowest BCUT2D eigenvalue weighted by Gasteiger charge is -2.17. The number of hydrogen-bond donors (Lipinski definition) is 2. The zero-order chi connectivity index (χ0) is 15.3. The van der Waals surface area contributed by atoms with Crippen molar-refractivity contribution in [3.8, 4) is 0 Å². The zero-order valence-corrected chi connectivity index (χ0v) is 13.1. The third kappa shape index (κ3) is 4.81. The highest BCUT2D eigenvalue weighted by Gasteiger charge is 2.13. The maximum Gasteiger partial charge on any atom is 0.316 e. The van der Waals surface area contributed by atoms with Gasteiger partial charge in [-0.25, -0.2) is 9.18 Å². The second kappa shape index (κ2) is 7.67. The van der Waals surface area contributed by atoms with E-state index in [4.69, 9.17) is 23.2 Å². The first-order chi connectivity index (χ1) is 9.32. The summed E-state index contributed by atoms with van der Waals surface area (Å²) in [5.41, 5.74) is 0.632. The second-order valence-electron chi connectivity index (χ2n) is 4.59. The summed E-state index contributed by atoms with van der Waals surface area (Å²) in [7, 11) is 3.34. The molecule has 2 N–H and O–H groups in total. The molecule has 0 aliphatic carbocycles. The van der Waals surface area contributed by atoms with Gasteiger partial charge >= 0.3 is 6.03 Å². The van der Waals surface area contributed by atoms with Gasteiger partial charge in [-0.05, 0) is 24.6 Å². The Balaban J connectivity index is 2.49. The number of rotatable bonds is 5. The van der Waals surface area contributed by atoms with E-state index in [0.29, 0.717) is 23.7 Å². The quantitative estimate of drug-likeness (QED) is 0.646. The molecule has 0 bridgehead atoms. The summed E-state index contributed by atoms with van der Waals surface area (Å²) in [6.07, 6.45) is 0. The van der Waals surface area contributed by atoms with Crippen molar-refractivity contribution in [1.82, 2.24) is 15.5 Å². The number of nitrogens with one attached hydrogen (secondary N) is 2. The van der Waals surface area contributed by atoms with E-state index in [0.717, 1.165) is 0 Å². The van der Waals surface area contributed by atoms with Crippen LogP contribution in [0.5, 0.6) is 0 Å². The van der Waals surface area contributed by atoms with Gasteiger partial charge in [0.2, 0.25) is 0 Å². The second-order valence-corrected chi connectivity index (χ2v) is 5.40. The van der Waals surface area contributed by atoms with Crippen molar-refractivity contribution in [2.24, 2.45) is 0 Å². The minimum absolute atomic E-state index is 0.00389. The minimum Gasteiger partial charge on any atom is -0.337 e. The number of benzene rings is 1. The molecule has 20 heavy (non-hydrogen) atoms. The average Bonchev–Trinajstić information content (AvgIpc) is 2.38. The van der Waals surface area contributed by atoms with E-state index < -0.39 is 5.82 Å². The van der Waals surface area contributed by atoms with Crippen molar-refractivity contribution in [2.75, 3.05) is 27.2 Å². The lowest BCUT2D eigenvalue weighted by atomic mass is 10.1. The molecular weight excluding hydrogens is 304 g/mol. The standard InChI is InChI=1S/C13H18Cl2FN3O/c1-8(17-4-5-18-13(20)19(2)3)9-6-12(16)11(15)7-10(9)14/h6-8,17H,4-5H2,1-3H3,(H,18,20). The number of amides is 2. The first-order valence-corrected chi connectivity index (χ1v) is 6.91. The lowest BCUT2D eigenvalue weighted by molar-refractivity contribution is 0.217. The third-order valence-corrected chi connectivity index (χ3v) is 3.38. The average molecular weight is 322 g/mol. The van der Waals surface area contributed by atoms with Crippen LogP contribution in [-0.2, 0) is 0 Å². The number of carbonyl (C=O) groups excluding carboxylic acids is 1. The van der Waals surface area contributed by atoms with Crippen molar-refractivity contribution in [2.45, 2.75) is 13.0 Å². The van der Waals surface area contributed by atoms with Crippen molar-refractivity contribution in [3.63, 3.8) is 0 Å². The fourth-order valence-electron chi connectivity index (χ4n) is 1.60. The molecule has 0 radical (unpaired) electrons. The summed E-state index contributed by atoms with van der Waals surface area (Å²) in [5.74, 6) is -0.499. The summed E-state index contributed by atoms with van der Waals surface area (Å²) < 4.78 is 13.4. The molecule has 1 atom stereocenters. The highest BCUT2D eigenvalue weighted by atomic mass is 35.5. The van der Waals surface area contributed by atoms with Gasteiger partial charge in [-0.15, -0.1) is 0 Å². The molecule has 1 rings (SSSR count). The van der Waals surface area contributed by atoms with Crippen molar-refractivity contribution in [3.05, 3.63) is 33.6 Å². The first-order valence-electron chi connectivity index (χ1n) is 6.16. The molecule has 0 aliphatic rings. The van der Waals surface area contributed by atoms with Crippen LogP contribution in [0.25, 0.3) is 0 Å². The van der Waals surface area contributed by atoms with Gasteiger partial charge in [-0.1, -0.05) is 23.2 Å². The predicted octanol–water partition coefficient (Wildman–Crippen LogP) is 3.05. The van der Waals surface area contributed by atoms with Gasteiger partial charge in [0.1, 0.15) is 5.82 Å². The summed E-state index contributed by atoms with van der Waals surface area (Å²) >= 11 is 11.7. The topological polar surface area (TPSA) is 44.4 Å². The maximum atomic E-state index is 13.4. The molecule has 1 aromatic rings. The Morgan fingerprint density at radius 1 is 1.30 bits per heavy atom. The van der Waals surface area contributed by atoms with Gasteiger partial charge in [0.15, 0.2) is 0 Å². The number of halogens is 3. The summed E-state index contributed by atoms with van der Waals surface area (Å²) in [5, 5.41) is 6.29. The largest absolute Gasteiger partial charge is 0.337 e. The lowest BCUT2D eigenvalue weighted by Crippen LogP contribution is -2.38. The molecule has 0 fully saturated rings. The zero-order valence-electron chi connectivity index (χ0n) is 11.6. The maximum absolute atomic E-state index is 13.4. The van der Waals surface area contributed by atoms with Gasteiger partial charge in [0, 0.05) is 38.2 Å². The SMILES string of the molecule is CC(NCCNC(=O)N(C)C)c1cc(F)c(Cl)cc1Cl. The van der Waals surface area contributed by atoms with Gasteiger partial charge in [-0.3, -0.25) is 0 Å². The predicted molar refractivity (Wildman–Crippen MR) is 79.9 cm³/mol. The monoisotopic (exact) mass is 321 g/mol. The van der Waals surface area contributed by atoms with Crippen LogP contribution in [0.1, 0.15) is 18.5 Å². The van der Waals surface area contributed by atoms with E-state index in [-0.39, 0.29) is 17.1 Å². The third-order valence-electron chi connectivity index (χ3n) is 2.76. The Labute approximate surface area is 128 Å². The molecule has 4 nitrogen and oxygen atoms in total. The number of nitrogens with zero attached hydrogens (tertiary/aromatic N) is 1. The molecule has 0 spiro atoms. The fourth-order valence-corrected chi connectivity index (χ4v) is 2.14. The highest BCUT2D eigenvalue weighted by molar-refractivity contribution is 6.35.